The number of carbonyl (C=O) groups is 2. The lowest BCUT2D eigenvalue weighted by atomic mass is 9.89. The second-order valence-electron chi connectivity index (χ2n) is 7.73. The Balaban J connectivity index is 1.40. The van der Waals surface area contributed by atoms with Crippen LogP contribution >= 0.6 is 11.3 Å². The normalized spacial score (nSPS) is 22.1. The number of nitrogens with zero attached hydrogens (tertiary/aromatic N) is 2. The van der Waals surface area contributed by atoms with Gasteiger partial charge in [0.2, 0.25) is 11.8 Å². The van der Waals surface area contributed by atoms with Crippen molar-refractivity contribution in [3.63, 3.8) is 0 Å². The number of likely N-dealkylation sites (tertiary alicyclic amines) is 1. The first-order chi connectivity index (χ1) is 12.6. The molecule has 0 bridgehead atoms. The van der Waals surface area contributed by atoms with Crippen molar-refractivity contribution in [1.82, 2.24) is 15.2 Å². The zero-order valence-corrected chi connectivity index (χ0v) is 16.4. The maximum absolute atomic E-state index is 12.1. The first kappa shape index (κ1) is 19.3. The lowest BCUT2D eigenvalue weighted by Gasteiger charge is -2.30. The van der Waals surface area contributed by atoms with Gasteiger partial charge in [-0.25, -0.2) is 4.98 Å². The third-order valence-electron chi connectivity index (χ3n) is 5.32. The first-order valence-corrected chi connectivity index (χ1v) is 10.7. The van der Waals surface area contributed by atoms with Gasteiger partial charge in [-0.05, 0) is 38.1 Å². The molecule has 1 aliphatic heterocycles. The van der Waals surface area contributed by atoms with Gasteiger partial charge in [0.15, 0.2) is 5.13 Å². The fourth-order valence-corrected chi connectivity index (χ4v) is 4.65. The molecule has 0 radical (unpaired) electrons. The summed E-state index contributed by atoms with van der Waals surface area (Å²) in [6, 6.07) is 0. The van der Waals surface area contributed by atoms with E-state index in [1.54, 1.807) is 0 Å². The molecule has 1 aromatic heterocycles. The number of piperidine rings is 1. The van der Waals surface area contributed by atoms with Crippen LogP contribution in [0.15, 0.2) is 5.38 Å². The number of hydrogen-bond donors (Lipinski definition) is 2. The molecule has 1 saturated carbocycles. The Morgan fingerprint density at radius 1 is 1.23 bits per heavy atom. The Morgan fingerprint density at radius 2 is 2.04 bits per heavy atom. The number of rotatable bonds is 6. The molecule has 6 nitrogen and oxygen atoms in total. The zero-order chi connectivity index (χ0) is 18.4. The Hall–Kier alpha value is -1.47. The number of amides is 2. The molecule has 1 aliphatic carbocycles. The SMILES string of the molecule is CC1CCCN(Cc2csc(NC(=O)CNC(=O)C3CCCCC3)n2)C1. The summed E-state index contributed by atoms with van der Waals surface area (Å²) in [6.45, 7) is 5.40. The molecule has 2 heterocycles. The van der Waals surface area contributed by atoms with E-state index in [1.807, 2.05) is 5.38 Å². The van der Waals surface area contributed by atoms with Gasteiger partial charge in [0, 0.05) is 24.4 Å². The van der Waals surface area contributed by atoms with Crippen LogP contribution in [0.25, 0.3) is 0 Å². The van der Waals surface area contributed by atoms with Crippen molar-refractivity contribution < 1.29 is 9.59 Å². The van der Waals surface area contributed by atoms with Crippen LogP contribution in [-0.4, -0.2) is 41.3 Å². The quantitative estimate of drug-likeness (QED) is 0.798. The number of nitrogens with one attached hydrogen (secondary N) is 2. The van der Waals surface area contributed by atoms with E-state index in [0.29, 0.717) is 5.13 Å². The van der Waals surface area contributed by atoms with Gasteiger partial charge in [-0.1, -0.05) is 26.2 Å². The molecule has 0 spiro atoms. The van der Waals surface area contributed by atoms with Crippen LogP contribution in [0.2, 0.25) is 0 Å². The summed E-state index contributed by atoms with van der Waals surface area (Å²) >= 11 is 1.45. The highest BCUT2D eigenvalue weighted by Crippen LogP contribution is 2.23. The third kappa shape index (κ3) is 5.77. The molecule has 2 aliphatic rings. The lowest BCUT2D eigenvalue weighted by Crippen LogP contribution is -2.37. The number of thiazole rings is 1. The highest BCUT2D eigenvalue weighted by atomic mass is 32.1. The van der Waals surface area contributed by atoms with E-state index >= 15 is 0 Å². The van der Waals surface area contributed by atoms with E-state index in [2.05, 4.69) is 27.4 Å². The summed E-state index contributed by atoms with van der Waals surface area (Å²) in [5, 5.41) is 8.19. The Labute approximate surface area is 159 Å². The lowest BCUT2D eigenvalue weighted by molar-refractivity contribution is -0.128. The van der Waals surface area contributed by atoms with Crippen LogP contribution in [0.5, 0.6) is 0 Å². The molecule has 1 saturated heterocycles. The van der Waals surface area contributed by atoms with Crippen molar-refractivity contribution in [3.05, 3.63) is 11.1 Å². The maximum Gasteiger partial charge on any atom is 0.245 e. The van der Waals surface area contributed by atoms with Crippen molar-refractivity contribution in [2.45, 2.75) is 58.4 Å². The monoisotopic (exact) mass is 378 g/mol. The van der Waals surface area contributed by atoms with Crippen LogP contribution in [0.3, 0.4) is 0 Å². The molecule has 144 valence electrons. The summed E-state index contributed by atoms with van der Waals surface area (Å²) < 4.78 is 0. The smallest absolute Gasteiger partial charge is 0.245 e. The van der Waals surface area contributed by atoms with Gasteiger partial charge in [0.1, 0.15) is 0 Å². The molecular formula is C19H30N4O2S. The molecule has 1 unspecified atom stereocenters. The summed E-state index contributed by atoms with van der Waals surface area (Å²) in [5.41, 5.74) is 1.01. The number of anilines is 1. The van der Waals surface area contributed by atoms with Crippen LogP contribution in [-0.2, 0) is 16.1 Å². The standard InChI is InChI=1S/C19H30N4O2S/c1-14-6-5-9-23(11-14)12-16-13-26-19(21-16)22-17(24)10-20-18(25)15-7-3-2-4-8-15/h13-15H,2-12H2,1H3,(H,20,25)(H,21,22,24). The minimum absolute atomic E-state index is 0.0129. The van der Waals surface area contributed by atoms with Crippen molar-refractivity contribution in [1.29, 1.82) is 0 Å². The molecule has 2 fully saturated rings. The highest BCUT2D eigenvalue weighted by Gasteiger charge is 2.21. The average Bonchev–Trinajstić information content (AvgIpc) is 3.07. The van der Waals surface area contributed by atoms with Gasteiger partial charge >= 0.3 is 0 Å². The minimum Gasteiger partial charge on any atom is -0.347 e. The van der Waals surface area contributed by atoms with Gasteiger partial charge in [0.25, 0.3) is 0 Å². The molecule has 26 heavy (non-hydrogen) atoms. The molecule has 1 atom stereocenters. The van der Waals surface area contributed by atoms with Crippen LogP contribution in [0, 0.1) is 11.8 Å². The van der Waals surface area contributed by atoms with Crippen molar-refractivity contribution in [3.8, 4) is 0 Å². The van der Waals surface area contributed by atoms with Crippen molar-refractivity contribution in [2.24, 2.45) is 11.8 Å². The first-order valence-electron chi connectivity index (χ1n) is 9.84. The Kier molecular flexibility index (Phi) is 7.02. The van der Waals surface area contributed by atoms with E-state index in [-0.39, 0.29) is 24.3 Å². The second kappa shape index (κ2) is 9.46. The van der Waals surface area contributed by atoms with E-state index in [1.165, 1.54) is 30.6 Å². The molecule has 3 rings (SSSR count). The van der Waals surface area contributed by atoms with E-state index in [4.69, 9.17) is 0 Å². The molecule has 2 N–H and O–H groups in total. The summed E-state index contributed by atoms with van der Waals surface area (Å²) in [6.07, 6.45) is 7.88. The van der Waals surface area contributed by atoms with Crippen molar-refractivity contribution in [2.75, 3.05) is 25.0 Å². The van der Waals surface area contributed by atoms with Gasteiger partial charge in [0.05, 0.1) is 12.2 Å². The summed E-state index contributed by atoms with van der Waals surface area (Å²) in [4.78, 5) is 31.1. The average molecular weight is 379 g/mol. The van der Waals surface area contributed by atoms with E-state index in [9.17, 15) is 9.59 Å². The molecule has 1 aromatic rings. The maximum atomic E-state index is 12.1. The predicted octanol–water partition coefficient (Wildman–Crippen LogP) is 3.01. The zero-order valence-electron chi connectivity index (χ0n) is 15.6. The fourth-order valence-electron chi connectivity index (χ4n) is 3.94. The van der Waals surface area contributed by atoms with E-state index < -0.39 is 0 Å². The van der Waals surface area contributed by atoms with Gasteiger partial charge in [-0.2, -0.15) is 0 Å². The van der Waals surface area contributed by atoms with Crippen LogP contribution in [0.1, 0.15) is 57.6 Å². The topological polar surface area (TPSA) is 74.3 Å². The third-order valence-corrected chi connectivity index (χ3v) is 6.13. The van der Waals surface area contributed by atoms with Gasteiger partial charge in [-0.3, -0.25) is 14.5 Å². The number of carbonyl (C=O) groups excluding carboxylic acids is 2. The van der Waals surface area contributed by atoms with Gasteiger partial charge in [-0.15, -0.1) is 11.3 Å². The molecule has 2 amide bonds. The molecule has 7 heteroatoms. The highest BCUT2D eigenvalue weighted by molar-refractivity contribution is 7.13. The minimum atomic E-state index is -0.207. The fraction of sp³-hybridized carbons (Fsp3) is 0.737. The van der Waals surface area contributed by atoms with E-state index in [0.717, 1.165) is 56.9 Å². The number of hydrogen-bond acceptors (Lipinski definition) is 5. The summed E-state index contributed by atoms with van der Waals surface area (Å²) in [5.74, 6) is 0.629. The Bertz CT molecular complexity index is 612. The van der Waals surface area contributed by atoms with Crippen molar-refractivity contribution >= 4 is 28.3 Å². The van der Waals surface area contributed by atoms with Crippen LogP contribution in [0.4, 0.5) is 5.13 Å². The van der Waals surface area contributed by atoms with Crippen LogP contribution < -0.4 is 10.6 Å². The largest absolute Gasteiger partial charge is 0.347 e. The van der Waals surface area contributed by atoms with Gasteiger partial charge < -0.3 is 10.6 Å². The second-order valence-corrected chi connectivity index (χ2v) is 8.59. The molecular weight excluding hydrogens is 348 g/mol. The molecule has 0 aromatic carbocycles. The predicted molar refractivity (Wildman–Crippen MR) is 104 cm³/mol. The number of aromatic nitrogens is 1. The Morgan fingerprint density at radius 3 is 2.81 bits per heavy atom. The summed E-state index contributed by atoms with van der Waals surface area (Å²) in [7, 11) is 0.